The SMILES string of the molecule is CCCCc1nnc(NC(=O)[C@@H](N=C2NS(=O)(=O)c3ccccc32)[C@@H](C)CC)s1. The minimum absolute atomic E-state index is 0.0905. The fraction of sp³-hybridized carbons (Fsp3) is 0.474. The van der Waals surface area contributed by atoms with Gasteiger partial charge in [-0.2, -0.15) is 0 Å². The van der Waals surface area contributed by atoms with E-state index in [0.29, 0.717) is 17.1 Å². The van der Waals surface area contributed by atoms with E-state index < -0.39 is 16.1 Å². The lowest BCUT2D eigenvalue weighted by molar-refractivity contribution is -0.118. The van der Waals surface area contributed by atoms with E-state index in [1.54, 1.807) is 18.2 Å². The number of fused-ring (bicyclic) bond motifs is 1. The largest absolute Gasteiger partial charge is 0.299 e. The summed E-state index contributed by atoms with van der Waals surface area (Å²) in [6.45, 7) is 5.98. The van der Waals surface area contributed by atoms with Crippen LogP contribution in [0.2, 0.25) is 0 Å². The van der Waals surface area contributed by atoms with Crippen LogP contribution in [-0.4, -0.2) is 36.4 Å². The summed E-state index contributed by atoms with van der Waals surface area (Å²) >= 11 is 1.35. The number of nitrogens with zero attached hydrogens (tertiary/aromatic N) is 3. The van der Waals surface area contributed by atoms with Crippen LogP contribution in [-0.2, 0) is 21.2 Å². The Balaban J connectivity index is 1.85. The van der Waals surface area contributed by atoms with Crippen LogP contribution >= 0.6 is 11.3 Å². The molecular weight excluding hydrogens is 410 g/mol. The average molecular weight is 436 g/mol. The van der Waals surface area contributed by atoms with E-state index in [0.717, 1.165) is 24.3 Å². The van der Waals surface area contributed by atoms with Crippen molar-refractivity contribution in [1.29, 1.82) is 0 Å². The number of carbonyl (C=O) groups is 1. The number of amidine groups is 1. The van der Waals surface area contributed by atoms with Crippen LogP contribution in [0.25, 0.3) is 0 Å². The highest BCUT2D eigenvalue weighted by molar-refractivity contribution is 7.90. The maximum atomic E-state index is 12.9. The van der Waals surface area contributed by atoms with Gasteiger partial charge in [-0.25, -0.2) is 8.42 Å². The molecule has 2 atom stereocenters. The van der Waals surface area contributed by atoms with Gasteiger partial charge in [-0.3, -0.25) is 19.8 Å². The Bertz CT molecular complexity index is 1020. The van der Waals surface area contributed by atoms with Gasteiger partial charge in [-0.05, 0) is 24.5 Å². The van der Waals surface area contributed by atoms with E-state index in [4.69, 9.17) is 0 Å². The number of rotatable bonds is 8. The number of carbonyl (C=O) groups excluding carboxylic acids is 1. The minimum Gasteiger partial charge on any atom is -0.299 e. The minimum atomic E-state index is -3.66. The zero-order valence-corrected chi connectivity index (χ0v) is 18.3. The number of benzene rings is 1. The predicted molar refractivity (Wildman–Crippen MR) is 114 cm³/mol. The fourth-order valence-electron chi connectivity index (χ4n) is 2.95. The summed E-state index contributed by atoms with van der Waals surface area (Å²) in [7, 11) is -3.66. The first kappa shape index (κ1) is 21.4. The molecule has 156 valence electrons. The Hall–Kier alpha value is -2.33. The number of aliphatic imine (C=N–C) groups is 1. The second-order valence-electron chi connectivity index (χ2n) is 7.00. The quantitative estimate of drug-likeness (QED) is 0.662. The van der Waals surface area contributed by atoms with Crippen molar-refractivity contribution >= 4 is 38.2 Å². The Labute approximate surface area is 174 Å². The lowest BCUT2D eigenvalue weighted by Gasteiger charge is -2.18. The Morgan fingerprint density at radius 3 is 2.76 bits per heavy atom. The zero-order chi connectivity index (χ0) is 21.0. The second-order valence-corrected chi connectivity index (χ2v) is 9.72. The molecule has 8 nitrogen and oxygen atoms in total. The number of amides is 1. The molecule has 3 rings (SSSR count). The Morgan fingerprint density at radius 1 is 1.28 bits per heavy atom. The number of aromatic nitrogens is 2. The number of unbranched alkanes of at least 4 members (excludes halogenated alkanes) is 1. The molecule has 0 radical (unpaired) electrons. The number of nitrogens with one attached hydrogen (secondary N) is 2. The molecule has 0 aliphatic carbocycles. The van der Waals surface area contributed by atoms with Crippen LogP contribution in [0.4, 0.5) is 5.13 Å². The molecule has 1 aliphatic rings. The molecule has 1 amide bonds. The summed E-state index contributed by atoms with van der Waals surface area (Å²) < 4.78 is 27.1. The molecular formula is C19H25N5O3S2. The van der Waals surface area contributed by atoms with Gasteiger partial charge in [0.05, 0.1) is 4.90 Å². The van der Waals surface area contributed by atoms with Crippen LogP contribution in [0.1, 0.15) is 50.6 Å². The second kappa shape index (κ2) is 9.00. The molecule has 2 heterocycles. The lowest BCUT2D eigenvalue weighted by atomic mass is 9.99. The molecule has 0 fully saturated rings. The standard InChI is InChI=1S/C19H25N5O3S2/c1-4-6-11-15-22-23-19(28-15)21-18(25)16(12(3)5-2)20-17-13-9-7-8-10-14(13)29(26,27)24-17/h7-10,12,16H,4-6,11H2,1-3H3,(H,20,24)(H,21,23,25)/t12-,16-/m0/s1. The van der Waals surface area contributed by atoms with E-state index in [9.17, 15) is 13.2 Å². The summed E-state index contributed by atoms with van der Waals surface area (Å²) in [4.78, 5) is 17.6. The molecule has 0 unspecified atom stereocenters. The lowest BCUT2D eigenvalue weighted by Crippen LogP contribution is -2.34. The third-order valence-electron chi connectivity index (χ3n) is 4.82. The van der Waals surface area contributed by atoms with Crippen molar-refractivity contribution in [1.82, 2.24) is 14.9 Å². The molecule has 0 spiro atoms. The van der Waals surface area contributed by atoms with Gasteiger partial charge in [0.25, 0.3) is 15.9 Å². The first-order valence-corrected chi connectivity index (χ1v) is 12.0. The van der Waals surface area contributed by atoms with E-state index in [1.165, 1.54) is 17.4 Å². The van der Waals surface area contributed by atoms with Crippen LogP contribution in [0.15, 0.2) is 34.2 Å². The van der Waals surface area contributed by atoms with E-state index in [-0.39, 0.29) is 22.6 Å². The number of hydrogen-bond donors (Lipinski definition) is 2. The van der Waals surface area contributed by atoms with Gasteiger partial charge in [-0.15, -0.1) is 10.2 Å². The van der Waals surface area contributed by atoms with Crippen molar-refractivity contribution in [3.63, 3.8) is 0 Å². The van der Waals surface area contributed by atoms with Gasteiger partial charge >= 0.3 is 0 Å². The van der Waals surface area contributed by atoms with Crippen molar-refractivity contribution < 1.29 is 13.2 Å². The molecule has 0 saturated heterocycles. The van der Waals surface area contributed by atoms with Crippen molar-refractivity contribution in [3.8, 4) is 0 Å². The number of anilines is 1. The maximum Gasteiger partial charge on any atom is 0.263 e. The molecule has 1 aromatic carbocycles. The normalized spacial score (nSPS) is 18.1. The molecule has 10 heteroatoms. The first-order valence-electron chi connectivity index (χ1n) is 9.69. The van der Waals surface area contributed by atoms with E-state index in [2.05, 4.69) is 32.2 Å². The first-order chi connectivity index (χ1) is 13.9. The molecule has 29 heavy (non-hydrogen) atoms. The summed E-state index contributed by atoms with van der Waals surface area (Å²) in [6.07, 6.45) is 3.62. The molecule has 2 N–H and O–H groups in total. The van der Waals surface area contributed by atoms with E-state index in [1.807, 2.05) is 13.8 Å². The summed E-state index contributed by atoms with van der Waals surface area (Å²) in [5.41, 5.74) is 0.478. The van der Waals surface area contributed by atoms with Gasteiger partial charge in [0.1, 0.15) is 16.9 Å². The highest BCUT2D eigenvalue weighted by atomic mass is 32.2. The van der Waals surface area contributed by atoms with Crippen LogP contribution in [0.3, 0.4) is 0 Å². The monoisotopic (exact) mass is 435 g/mol. The van der Waals surface area contributed by atoms with Crippen LogP contribution < -0.4 is 10.0 Å². The highest BCUT2D eigenvalue weighted by Gasteiger charge is 2.33. The van der Waals surface area contributed by atoms with Crippen molar-refractivity contribution in [2.75, 3.05) is 5.32 Å². The van der Waals surface area contributed by atoms with Gasteiger partial charge in [0.2, 0.25) is 5.13 Å². The van der Waals surface area contributed by atoms with Gasteiger partial charge in [-0.1, -0.05) is 57.1 Å². The zero-order valence-electron chi connectivity index (χ0n) is 16.7. The third kappa shape index (κ3) is 4.81. The van der Waals surface area contributed by atoms with Crippen LogP contribution in [0, 0.1) is 5.92 Å². The smallest absolute Gasteiger partial charge is 0.263 e. The Morgan fingerprint density at radius 2 is 2.03 bits per heavy atom. The topological polar surface area (TPSA) is 113 Å². The van der Waals surface area contributed by atoms with Gasteiger partial charge < -0.3 is 0 Å². The summed E-state index contributed by atoms with van der Waals surface area (Å²) in [5.74, 6) is -0.220. The number of sulfonamides is 1. The maximum absolute atomic E-state index is 12.9. The Kier molecular flexibility index (Phi) is 6.63. The number of aryl methyl sites for hydroxylation is 1. The summed E-state index contributed by atoms with van der Waals surface area (Å²) in [5, 5.41) is 12.3. The van der Waals surface area contributed by atoms with Crippen molar-refractivity contribution in [3.05, 3.63) is 34.8 Å². The fourth-order valence-corrected chi connectivity index (χ4v) is 4.97. The third-order valence-corrected chi connectivity index (χ3v) is 7.12. The molecule has 1 aliphatic heterocycles. The number of hydrogen-bond acceptors (Lipinski definition) is 7. The summed E-state index contributed by atoms with van der Waals surface area (Å²) in [6, 6.07) is 5.85. The molecule has 0 bridgehead atoms. The molecule has 1 aromatic heterocycles. The van der Waals surface area contributed by atoms with Gasteiger partial charge in [0.15, 0.2) is 0 Å². The predicted octanol–water partition coefficient (Wildman–Crippen LogP) is 2.97. The highest BCUT2D eigenvalue weighted by Crippen LogP contribution is 2.25. The molecule has 0 saturated carbocycles. The van der Waals surface area contributed by atoms with E-state index >= 15 is 0 Å². The van der Waals surface area contributed by atoms with Crippen molar-refractivity contribution in [2.45, 2.75) is 57.4 Å². The van der Waals surface area contributed by atoms with Crippen molar-refractivity contribution in [2.24, 2.45) is 10.9 Å². The molecule has 2 aromatic rings. The van der Waals surface area contributed by atoms with Crippen LogP contribution in [0.5, 0.6) is 0 Å². The average Bonchev–Trinajstić information content (AvgIpc) is 3.25. The van der Waals surface area contributed by atoms with Gasteiger partial charge in [0, 0.05) is 12.0 Å².